The second-order valence-electron chi connectivity index (χ2n) is 3.62. The molecule has 0 fully saturated rings. The molecule has 18 heavy (non-hydrogen) atoms. The van der Waals surface area contributed by atoms with E-state index in [9.17, 15) is 4.39 Å². The number of hydrogen-bond acceptors (Lipinski definition) is 3. The van der Waals surface area contributed by atoms with E-state index in [1.807, 2.05) is 12.1 Å². The van der Waals surface area contributed by atoms with Gasteiger partial charge in [0.15, 0.2) is 11.6 Å². The van der Waals surface area contributed by atoms with E-state index in [1.165, 1.54) is 6.07 Å². The first kappa shape index (κ1) is 12.8. The highest BCUT2D eigenvalue weighted by molar-refractivity contribution is 9.10. The van der Waals surface area contributed by atoms with Crippen LogP contribution in [0.15, 0.2) is 41.0 Å². The zero-order chi connectivity index (χ0) is 13.0. The molecule has 0 aliphatic carbocycles. The Morgan fingerprint density at radius 2 is 2.22 bits per heavy atom. The summed E-state index contributed by atoms with van der Waals surface area (Å²) in [5, 5.41) is 2.96. The number of anilines is 1. The fourth-order valence-corrected chi connectivity index (χ4v) is 1.86. The number of aromatic nitrogens is 1. The van der Waals surface area contributed by atoms with E-state index >= 15 is 0 Å². The molecule has 0 aliphatic heterocycles. The third kappa shape index (κ3) is 2.98. The molecule has 0 spiro atoms. The summed E-state index contributed by atoms with van der Waals surface area (Å²) >= 11 is 3.28. The van der Waals surface area contributed by atoms with Crippen LogP contribution in [0.4, 0.5) is 10.2 Å². The maximum atomic E-state index is 13.5. The van der Waals surface area contributed by atoms with Crippen LogP contribution in [0.2, 0.25) is 0 Å². The van der Waals surface area contributed by atoms with Gasteiger partial charge >= 0.3 is 0 Å². The van der Waals surface area contributed by atoms with Gasteiger partial charge < -0.3 is 10.1 Å². The van der Waals surface area contributed by atoms with Crippen LogP contribution in [-0.4, -0.2) is 12.0 Å². The average molecular weight is 311 g/mol. The van der Waals surface area contributed by atoms with Crippen molar-refractivity contribution in [2.75, 3.05) is 12.4 Å². The summed E-state index contributed by atoms with van der Waals surface area (Å²) in [6, 6.07) is 8.29. The highest BCUT2D eigenvalue weighted by atomic mass is 79.9. The fraction of sp³-hybridized carbons (Fsp3) is 0.154. The number of benzene rings is 1. The summed E-state index contributed by atoms with van der Waals surface area (Å²) in [4.78, 5) is 4.16. The molecule has 1 N–H and O–H groups in total. The molecular weight excluding hydrogens is 299 g/mol. The number of halogens is 2. The lowest BCUT2D eigenvalue weighted by molar-refractivity contribution is 0.290. The monoisotopic (exact) mass is 310 g/mol. The summed E-state index contributed by atoms with van der Waals surface area (Å²) in [6.45, 7) is 0.261. The predicted octanol–water partition coefficient (Wildman–Crippen LogP) is 3.60. The van der Waals surface area contributed by atoms with Gasteiger partial charge in [0.2, 0.25) is 0 Å². The number of ether oxygens (including phenoxy) is 1. The number of rotatable bonds is 4. The van der Waals surface area contributed by atoms with Gasteiger partial charge in [0.05, 0.1) is 0 Å². The van der Waals surface area contributed by atoms with Crippen molar-refractivity contribution in [1.29, 1.82) is 0 Å². The molecule has 0 radical (unpaired) electrons. The average Bonchev–Trinajstić information content (AvgIpc) is 2.40. The van der Waals surface area contributed by atoms with E-state index < -0.39 is 0 Å². The zero-order valence-corrected chi connectivity index (χ0v) is 11.4. The maximum Gasteiger partial charge on any atom is 0.165 e. The lowest BCUT2D eigenvalue weighted by Gasteiger charge is -2.10. The molecule has 2 aromatic rings. The number of nitrogens with one attached hydrogen (secondary N) is 1. The molecule has 94 valence electrons. The van der Waals surface area contributed by atoms with E-state index in [-0.39, 0.29) is 18.2 Å². The number of nitrogens with zero attached hydrogens (tertiary/aromatic N) is 1. The Labute approximate surface area is 113 Å². The second kappa shape index (κ2) is 5.82. The highest BCUT2D eigenvalue weighted by Gasteiger charge is 2.06. The molecule has 1 aromatic carbocycles. The van der Waals surface area contributed by atoms with E-state index in [0.29, 0.717) is 0 Å². The molecule has 1 heterocycles. The van der Waals surface area contributed by atoms with Gasteiger partial charge in [-0.25, -0.2) is 9.37 Å². The van der Waals surface area contributed by atoms with E-state index in [1.54, 1.807) is 25.4 Å². The third-order valence-electron chi connectivity index (χ3n) is 2.40. The lowest BCUT2D eigenvalue weighted by atomic mass is 10.2. The van der Waals surface area contributed by atoms with Crippen LogP contribution in [0.25, 0.3) is 0 Å². The molecule has 0 aliphatic rings. The SMILES string of the molecule is CNc1ncccc1COc1cc(Br)ccc1F. The Balaban J connectivity index is 2.14. The Hall–Kier alpha value is -1.62. The van der Waals surface area contributed by atoms with Crippen molar-refractivity contribution in [2.45, 2.75) is 6.61 Å². The molecular formula is C13H12BrFN2O. The van der Waals surface area contributed by atoms with Crippen molar-refractivity contribution < 1.29 is 9.13 Å². The summed E-state index contributed by atoms with van der Waals surface area (Å²) in [5.74, 6) is 0.566. The quantitative estimate of drug-likeness (QED) is 0.937. The van der Waals surface area contributed by atoms with Crippen molar-refractivity contribution in [1.82, 2.24) is 4.98 Å². The van der Waals surface area contributed by atoms with E-state index in [0.717, 1.165) is 15.9 Å². The van der Waals surface area contributed by atoms with Gasteiger partial charge in [-0.05, 0) is 24.3 Å². The van der Waals surface area contributed by atoms with Gasteiger partial charge in [-0.2, -0.15) is 0 Å². The first-order valence-electron chi connectivity index (χ1n) is 5.40. The molecule has 0 atom stereocenters. The van der Waals surface area contributed by atoms with Crippen LogP contribution in [0, 0.1) is 5.82 Å². The molecule has 3 nitrogen and oxygen atoms in total. The predicted molar refractivity (Wildman–Crippen MR) is 72.2 cm³/mol. The minimum Gasteiger partial charge on any atom is -0.486 e. The van der Waals surface area contributed by atoms with Gasteiger partial charge in [0, 0.05) is 23.3 Å². The largest absolute Gasteiger partial charge is 0.486 e. The summed E-state index contributed by atoms with van der Waals surface area (Å²) in [7, 11) is 1.78. The highest BCUT2D eigenvalue weighted by Crippen LogP contribution is 2.23. The first-order valence-corrected chi connectivity index (χ1v) is 6.19. The molecule has 0 amide bonds. The summed E-state index contributed by atoms with van der Waals surface area (Å²) in [6.07, 6.45) is 1.69. The van der Waals surface area contributed by atoms with Crippen LogP contribution in [0.3, 0.4) is 0 Å². The minimum atomic E-state index is -0.381. The Morgan fingerprint density at radius 1 is 1.39 bits per heavy atom. The summed E-state index contributed by atoms with van der Waals surface area (Å²) in [5.41, 5.74) is 0.874. The number of hydrogen-bond donors (Lipinski definition) is 1. The van der Waals surface area contributed by atoms with Crippen LogP contribution in [-0.2, 0) is 6.61 Å². The lowest BCUT2D eigenvalue weighted by Crippen LogP contribution is -2.03. The molecule has 0 saturated heterocycles. The molecule has 5 heteroatoms. The van der Waals surface area contributed by atoms with E-state index in [2.05, 4.69) is 26.2 Å². The third-order valence-corrected chi connectivity index (χ3v) is 2.90. The number of pyridine rings is 1. The summed E-state index contributed by atoms with van der Waals surface area (Å²) < 4.78 is 19.7. The first-order chi connectivity index (χ1) is 8.70. The van der Waals surface area contributed by atoms with Crippen molar-refractivity contribution in [3.8, 4) is 5.75 Å². The standard InChI is InChI=1S/C13H12BrFN2O/c1-16-13-9(3-2-6-17-13)8-18-12-7-10(14)4-5-11(12)15/h2-7H,8H2,1H3,(H,16,17). The minimum absolute atomic E-state index is 0.218. The fourth-order valence-electron chi connectivity index (χ4n) is 1.52. The molecule has 0 bridgehead atoms. The topological polar surface area (TPSA) is 34.2 Å². The van der Waals surface area contributed by atoms with Gasteiger partial charge in [0.25, 0.3) is 0 Å². The van der Waals surface area contributed by atoms with Crippen LogP contribution in [0.1, 0.15) is 5.56 Å². The van der Waals surface area contributed by atoms with Crippen molar-refractivity contribution >= 4 is 21.7 Å². The van der Waals surface area contributed by atoms with Crippen molar-refractivity contribution in [2.24, 2.45) is 0 Å². The van der Waals surface area contributed by atoms with Gasteiger partial charge in [0.1, 0.15) is 12.4 Å². The van der Waals surface area contributed by atoms with Crippen LogP contribution in [0.5, 0.6) is 5.75 Å². The second-order valence-corrected chi connectivity index (χ2v) is 4.54. The Kier molecular flexibility index (Phi) is 4.15. The van der Waals surface area contributed by atoms with Crippen LogP contribution >= 0.6 is 15.9 Å². The maximum absolute atomic E-state index is 13.5. The smallest absolute Gasteiger partial charge is 0.165 e. The normalized spacial score (nSPS) is 10.2. The van der Waals surface area contributed by atoms with Crippen molar-refractivity contribution in [3.63, 3.8) is 0 Å². The van der Waals surface area contributed by atoms with Crippen LogP contribution < -0.4 is 10.1 Å². The molecule has 1 aromatic heterocycles. The van der Waals surface area contributed by atoms with E-state index in [4.69, 9.17) is 4.74 Å². The molecule has 0 unspecified atom stereocenters. The van der Waals surface area contributed by atoms with Gasteiger partial charge in [-0.15, -0.1) is 0 Å². The van der Waals surface area contributed by atoms with Crippen molar-refractivity contribution in [3.05, 3.63) is 52.4 Å². The van der Waals surface area contributed by atoms with Gasteiger partial charge in [-0.3, -0.25) is 0 Å². The zero-order valence-electron chi connectivity index (χ0n) is 9.78. The Morgan fingerprint density at radius 3 is 3.00 bits per heavy atom. The molecule has 2 rings (SSSR count). The Bertz CT molecular complexity index is 548. The van der Waals surface area contributed by atoms with Gasteiger partial charge in [-0.1, -0.05) is 22.0 Å². The molecule has 0 saturated carbocycles.